The highest BCUT2D eigenvalue weighted by Gasteiger charge is 2.27. The Kier molecular flexibility index (Phi) is 64.8. The number of allylic oxidation sites excluding steroid dienone is 30. The summed E-state index contributed by atoms with van der Waals surface area (Å²) in [5.74, 6) is -0.820. The van der Waals surface area contributed by atoms with Gasteiger partial charge in [-0.15, -0.1) is 0 Å². The summed E-state index contributed by atoms with van der Waals surface area (Å²) in [7, 11) is 1.45. The predicted octanol–water partition coefficient (Wildman–Crippen LogP) is 23.5. The zero-order valence-corrected chi connectivity index (χ0v) is 58.7. The third-order valence-corrected chi connectivity index (χ3v) is 15.4. The Balaban J connectivity index is 4.15. The van der Waals surface area contributed by atoms with Gasteiger partial charge in [-0.2, -0.15) is 0 Å². The topological polar surface area (TPSA) is 108 Å². The van der Waals surface area contributed by atoms with Crippen LogP contribution in [0.15, 0.2) is 182 Å². The summed E-state index contributed by atoms with van der Waals surface area (Å²) in [6.07, 6.45) is 106. The molecule has 0 aliphatic heterocycles. The second kappa shape index (κ2) is 68.5. The molecule has 0 spiro atoms. The van der Waals surface area contributed by atoms with Gasteiger partial charge in [-0.1, -0.05) is 292 Å². The summed E-state index contributed by atoms with van der Waals surface area (Å²) in [5, 5.41) is 0. The van der Waals surface area contributed by atoms with E-state index in [4.69, 9.17) is 18.5 Å². The first-order valence-electron chi connectivity index (χ1n) is 35.5. The summed E-state index contributed by atoms with van der Waals surface area (Å²) in [6.45, 7) is 4.18. The van der Waals surface area contributed by atoms with E-state index in [1.165, 1.54) is 70.6 Å². The first-order chi connectivity index (χ1) is 44.0. The van der Waals surface area contributed by atoms with Crippen molar-refractivity contribution in [3.63, 3.8) is 0 Å². The monoisotopic (exact) mass is 1260 g/mol. The fourth-order valence-electron chi connectivity index (χ4n) is 9.07. The van der Waals surface area contributed by atoms with Crippen LogP contribution < -0.4 is 0 Å². The van der Waals surface area contributed by atoms with E-state index >= 15 is 0 Å². The quantitative estimate of drug-likeness (QED) is 0.0211. The second-order valence-electron chi connectivity index (χ2n) is 24.2. The molecule has 1 N–H and O–H groups in total. The first-order valence-corrected chi connectivity index (χ1v) is 37.0. The van der Waals surface area contributed by atoms with Crippen LogP contribution in [0.4, 0.5) is 0 Å². The van der Waals surface area contributed by atoms with Gasteiger partial charge in [-0.05, 0) is 135 Å². The molecule has 0 aromatic carbocycles. The SMILES string of the molecule is CC/C=C\C/C=C\C/C=C\C/C=C\C/C=C\C/C=C\C/C=C\C/C=C\CCCCCCCCCCC(=O)OC(COC(=O)CCCCCCCCCCCCC/C=C\C/C=C\C/C=C\C/C=C\C/C=C\C/C=C\C/C=C\CC)COP(=O)(O)OCC[N+](C)(C)C. The van der Waals surface area contributed by atoms with Gasteiger partial charge < -0.3 is 18.9 Å². The van der Waals surface area contributed by atoms with Crippen LogP contribution in [-0.2, 0) is 32.7 Å². The van der Waals surface area contributed by atoms with E-state index in [1.807, 2.05) is 21.1 Å². The number of nitrogens with zero attached hydrogens (tertiary/aromatic N) is 1. The van der Waals surface area contributed by atoms with Crippen LogP contribution >= 0.6 is 7.82 Å². The van der Waals surface area contributed by atoms with E-state index < -0.39 is 26.5 Å². The molecular formula is C80H131NO8P+. The Morgan fingerprint density at radius 3 is 0.889 bits per heavy atom. The molecule has 0 fully saturated rings. The lowest BCUT2D eigenvalue weighted by molar-refractivity contribution is -0.870. The molecule has 0 rings (SSSR count). The van der Waals surface area contributed by atoms with E-state index in [-0.39, 0.29) is 32.0 Å². The van der Waals surface area contributed by atoms with Gasteiger partial charge in [0.15, 0.2) is 6.10 Å². The molecule has 0 aromatic heterocycles. The maximum Gasteiger partial charge on any atom is 0.472 e. The Labute approximate surface area is 552 Å². The minimum Gasteiger partial charge on any atom is -0.462 e. The highest BCUT2D eigenvalue weighted by molar-refractivity contribution is 7.47. The molecule has 2 unspecified atom stereocenters. The fraction of sp³-hybridized carbons (Fsp3) is 0.600. The summed E-state index contributed by atoms with van der Waals surface area (Å²) in [4.78, 5) is 35.9. The molecule has 0 saturated heterocycles. The Morgan fingerprint density at radius 1 is 0.344 bits per heavy atom. The number of quaternary nitrogens is 1. The van der Waals surface area contributed by atoms with Gasteiger partial charge in [0.05, 0.1) is 27.7 Å². The molecule has 9 nitrogen and oxygen atoms in total. The van der Waals surface area contributed by atoms with Gasteiger partial charge in [-0.25, -0.2) is 4.57 Å². The van der Waals surface area contributed by atoms with Crippen molar-refractivity contribution in [3.05, 3.63) is 182 Å². The zero-order valence-electron chi connectivity index (χ0n) is 57.8. The van der Waals surface area contributed by atoms with E-state index in [0.717, 1.165) is 154 Å². The minimum atomic E-state index is -4.41. The molecule has 0 heterocycles. The Bertz CT molecular complexity index is 2170. The number of hydrogen-bond donors (Lipinski definition) is 1. The summed E-state index contributed by atoms with van der Waals surface area (Å²) in [6, 6.07) is 0. The van der Waals surface area contributed by atoms with Crippen molar-refractivity contribution in [1.82, 2.24) is 0 Å². The van der Waals surface area contributed by atoms with Crippen molar-refractivity contribution in [1.29, 1.82) is 0 Å². The van der Waals surface area contributed by atoms with Crippen molar-refractivity contribution in [3.8, 4) is 0 Å². The van der Waals surface area contributed by atoms with Crippen LogP contribution in [0.5, 0.6) is 0 Å². The van der Waals surface area contributed by atoms with Crippen LogP contribution in [0, 0.1) is 0 Å². The van der Waals surface area contributed by atoms with E-state index in [0.29, 0.717) is 17.4 Å². The van der Waals surface area contributed by atoms with Crippen molar-refractivity contribution in [2.45, 2.75) is 264 Å². The normalized spacial score (nSPS) is 14.2. The van der Waals surface area contributed by atoms with Gasteiger partial charge in [-0.3, -0.25) is 18.6 Å². The van der Waals surface area contributed by atoms with Gasteiger partial charge in [0.2, 0.25) is 0 Å². The molecule has 90 heavy (non-hydrogen) atoms. The Morgan fingerprint density at radius 2 is 0.600 bits per heavy atom. The molecule has 0 aromatic rings. The number of carbonyl (C=O) groups excluding carboxylic acids is 2. The molecule has 0 aliphatic rings. The lowest BCUT2D eigenvalue weighted by Crippen LogP contribution is -2.37. The molecule has 0 radical (unpaired) electrons. The smallest absolute Gasteiger partial charge is 0.462 e. The number of esters is 2. The predicted molar refractivity (Wildman–Crippen MR) is 389 cm³/mol. The highest BCUT2D eigenvalue weighted by Crippen LogP contribution is 2.43. The van der Waals surface area contributed by atoms with Crippen LogP contribution in [0.25, 0.3) is 0 Å². The minimum absolute atomic E-state index is 0.0199. The van der Waals surface area contributed by atoms with Crippen LogP contribution in [-0.4, -0.2) is 74.9 Å². The maximum absolute atomic E-state index is 12.9. The van der Waals surface area contributed by atoms with Crippen molar-refractivity contribution in [2.24, 2.45) is 0 Å². The van der Waals surface area contributed by atoms with Crippen molar-refractivity contribution >= 4 is 19.8 Å². The fourth-order valence-corrected chi connectivity index (χ4v) is 9.81. The molecule has 2 atom stereocenters. The van der Waals surface area contributed by atoms with Crippen LogP contribution in [0.2, 0.25) is 0 Å². The second-order valence-corrected chi connectivity index (χ2v) is 25.6. The van der Waals surface area contributed by atoms with Gasteiger partial charge >= 0.3 is 19.8 Å². The molecule has 0 saturated carbocycles. The standard InChI is InChI=1S/C80H130NO8P/c1-6-8-10-12-14-16-18-20-22-24-26-28-30-32-34-36-38-40-42-44-46-48-50-52-54-56-58-60-62-64-66-68-70-72-79(82)86-76-78(77-88-90(84,85)87-75-74-81(3,4)5)89-80(83)73-71-69-67-65-63-61-59-57-55-53-51-49-47-45-43-41-39-37-35-33-31-29-27-25-23-21-19-17-15-13-11-9-7-2/h8-11,14-17,20-23,26-29,32-35,38-41,44-47,51,53,78H,6-7,12-13,18-19,24-25,30-31,36-37,42-43,48-50,52,54-77H2,1-5H3/p+1/b10-8-,11-9-,16-14-,17-15-,22-20-,23-21-,28-26-,29-27-,34-32-,35-33-,40-38-,41-39-,46-44-,47-45-,53-51-. The first kappa shape index (κ1) is 85.1. The number of unbranched alkanes of at least 4 members (excludes halogenated alkanes) is 19. The highest BCUT2D eigenvalue weighted by atomic mass is 31.2. The Hall–Kier alpha value is -4.89. The number of likely N-dealkylation sites (N-methyl/N-ethyl adjacent to an activating group) is 1. The van der Waals surface area contributed by atoms with Gasteiger partial charge in [0.1, 0.15) is 19.8 Å². The number of carbonyl (C=O) groups is 2. The lowest BCUT2D eigenvalue weighted by atomic mass is 10.0. The number of rotatable bonds is 63. The van der Waals surface area contributed by atoms with E-state index in [9.17, 15) is 19.0 Å². The third-order valence-electron chi connectivity index (χ3n) is 14.4. The summed E-state index contributed by atoms with van der Waals surface area (Å²) >= 11 is 0. The number of hydrogen-bond acceptors (Lipinski definition) is 7. The average Bonchev–Trinajstić information content (AvgIpc) is 3.58. The molecular weight excluding hydrogens is 1130 g/mol. The molecule has 0 aliphatic carbocycles. The van der Waals surface area contributed by atoms with Crippen LogP contribution in [0.3, 0.4) is 0 Å². The summed E-state index contributed by atoms with van der Waals surface area (Å²) in [5.41, 5.74) is 0. The molecule has 10 heteroatoms. The lowest BCUT2D eigenvalue weighted by Gasteiger charge is -2.24. The molecule has 0 bridgehead atoms. The largest absolute Gasteiger partial charge is 0.472 e. The van der Waals surface area contributed by atoms with Crippen molar-refractivity contribution < 1.29 is 42.1 Å². The zero-order chi connectivity index (χ0) is 65.5. The average molecular weight is 1270 g/mol. The molecule has 508 valence electrons. The van der Waals surface area contributed by atoms with Gasteiger partial charge in [0, 0.05) is 12.8 Å². The summed E-state index contributed by atoms with van der Waals surface area (Å²) < 4.78 is 34.7. The molecule has 0 amide bonds. The van der Waals surface area contributed by atoms with Crippen molar-refractivity contribution in [2.75, 3.05) is 47.5 Å². The van der Waals surface area contributed by atoms with Gasteiger partial charge in [0.25, 0.3) is 0 Å². The van der Waals surface area contributed by atoms with E-state index in [1.54, 1.807) is 0 Å². The number of phosphoric acid groups is 1. The van der Waals surface area contributed by atoms with E-state index in [2.05, 4.69) is 196 Å². The third kappa shape index (κ3) is 72.2. The van der Waals surface area contributed by atoms with Crippen LogP contribution in [0.1, 0.15) is 258 Å². The maximum atomic E-state index is 12.9. The number of ether oxygens (including phenoxy) is 2. The number of phosphoric ester groups is 1.